The van der Waals surface area contributed by atoms with Crippen LogP contribution in [0.3, 0.4) is 0 Å². The summed E-state index contributed by atoms with van der Waals surface area (Å²) >= 11 is 0. The summed E-state index contributed by atoms with van der Waals surface area (Å²) in [4.78, 5) is 16.3. The minimum Gasteiger partial charge on any atom is -0.497 e. The van der Waals surface area contributed by atoms with E-state index < -0.39 is 18.0 Å². The Morgan fingerprint density at radius 3 is 2.37 bits per heavy atom. The summed E-state index contributed by atoms with van der Waals surface area (Å²) in [6, 6.07) is 15.1. The van der Waals surface area contributed by atoms with Crippen LogP contribution in [-0.4, -0.2) is 24.4 Å². The highest BCUT2D eigenvalue weighted by Gasteiger charge is 2.31. The first-order valence-corrected chi connectivity index (χ1v) is 8.73. The topological polar surface area (TPSA) is 69.7 Å². The van der Waals surface area contributed by atoms with Gasteiger partial charge in [-0.1, -0.05) is 12.1 Å². The van der Waals surface area contributed by atoms with Crippen LogP contribution in [0.2, 0.25) is 0 Å². The second-order valence-corrected chi connectivity index (χ2v) is 6.04. The summed E-state index contributed by atoms with van der Waals surface area (Å²) < 4.78 is 51.1. The van der Waals surface area contributed by atoms with Crippen molar-refractivity contribution in [3.63, 3.8) is 0 Å². The molecule has 0 radical (unpaired) electrons. The molecule has 0 saturated heterocycles. The zero-order valence-electron chi connectivity index (χ0n) is 15.8. The number of aromatic nitrogens is 1. The Kier molecular flexibility index (Phi) is 6.41. The van der Waals surface area contributed by atoms with E-state index in [4.69, 9.17) is 9.47 Å². The number of halogens is 3. The minimum atomic E-state index is -4.78. The predicted molar refractivity (Wildman–Crippen MR) is 102 cm³/mol. The van der Waals surface area contributed by atoms with Gasteiger partial charge in [-0.2, -0.15) is 0 Å². The van der Waals surface area contributed by atoms with Gasteiger partial charge in [-0.15, -0.1) is 13.2 Å². The highest BCUT2D eigenvalue weighted by atomic mass is 19.4. The molecule has 0 aliphatic heterocycles. The number of nitrogens with zero attached hydrogens (tertiary/aromatic N) is 1. The highest BCUT2D eigenvalue weighted by molar-refractivity contribution is 5.94. The highest BCUT2D eigenvalue weighted by Crippen LogP contribution is 2.24. The molecule has 1 amide bonds. The zero-order chi connectivity index (χ0) is 21.6. The van der Waals surface area contributed by atoms with Crippen LogP contribution < -0.4 is 19.5 Å². The molecule has 3 aromatic rings. The molecule has 2 aromatic carbocycles. The van der Waals surface area contributed by atoms with Crippen LogP contribution in [0.15, 0.2) is 66.9 Å². The van der Waals surface area contributed by atoms with E-state index in [2.05, 4.69) is 15.0 Å². The lowest BCUT2D eigenvalue weighted by Crippen LogP contribution is -2.23. The first kappa shape index (κ1) is 21.0. The van der Waals surface area contributed by atoms with Crippen LogP contribution in [0.4, 0.5) is 13.2 Å². The van der Waals surface area contributed by atoms with E-state index in [0.29, 0.717) is 17.4 Å². The molecule has 0 bridgehead atoms. The standard InChI is InChI=1S/C21H17F3N2O4/c1-28-17-3-2-4-18(11-17)29-19-10-5-14(12-25-19)13-26-20(27)15-6-8-16(9-7-15)30-21(22,23)24/h2-12H,13H2,1H3,(H,26,27). The van der Waals surface area contributed by atoms with Gasteiger partial charge in [0.25, 0.3) is 5.91 Å². The summed E-state index contributed by atoms with van der Waals surface area (Å²) in [5.41, 5.74) is 0.925. The molecule has 3 rings (SSSR count). The maximum atomic E-state index is 12.2. The van der Waals surface area contributed by atoms with Crippen molar-refractivity contribution in [2.24, 2.45) is 0 Å². The van der Waals surface area contributed by atoms with Crippen molar-refractivity contribution in [3.8, 4) is 23.1 Å². The molecule has 0 aliphatic carbocycles. The van der Waals surface area contributed by atoms with Crippen LogP contribution in [0, 0.1) is 0 Å². The summed E-state index contributed by atoms with van der Waals surface area (Å²) in [5.74, 6) is 0.768. The molecule has 0 saturated carbocycles. The lowest BCUT2D eigenvalue weighted by Gasteiger charge is -2.10. The molecular weight excluding hydrogens is 401 g/mol. The largest absolute Gasteiger partial charge is 0.573 e. The van der Waals surface area contributed by atoms with E-state index in [1.807, 2.05) is 0 Å². The number of benzene rings is 2. The molecule has 156 valence electrons. The number of rotatable bonds is 7. The van der Waals surface area contributed by atoms with Gasteiger partial charge in [0.1, 0.15) is 17.2 Å². The maximum Gasteiger partial charge on any atom is 0.573 e. The molecule has 6 nitrogen and oxygen atoms in total. The molecule has 0 fully saturated rings. The van der Waals surface area contributed by atoms with E-state index in [1.165, 1.54) is 12.1 Å². The number of methoxy groups -OCH3 is 1. The Labute approximate surface area is 170 Å². The van der Waals surface area contributed by atoms with Gasteiger partial charge in [0.15, 0.2) is 0 Å². The third-order valence-electron chi connectivity index (χ3n) is 3.86. The van der Waals surface area contributed by atoms with E-state index in [-0.39, 0.29) is 12.1 Å². The van der Waals surface area contributed by atoms with Gasteiger partial charge in [-0.3, -0.25) is 4.79 Å². The molecule has 1 heterocycles. The summed E-state index contributed by atoms with van der Waals surface area (Å²) in [6.07, 6.45) is -3.23. The number of nitrogens with one attached hydrogen (secondary N) is 1. The van der Waals surface area contributed by atoms with E-state index in [0.717, 1.165) is 17.7 Å². The van der Waals surface area contributed by atoms with Gasteiger partial charge < -0.3 is 19.5 Å². The Hall–Kier alpha value is -3.75. The molecule has 30 heavy (non-hydrogen) atoms. The van der Waals surface area contributed by atoms with Gasteiger partial charge in [0.05, 0.1) is 7.11 Å². The molecule has 0 unspecified atom stereocenters. The first-order valence-electron chi connectivity index (χ1n) is 8.73. The van der Waals surface area contributed by atoms with Crippen LogP contribution in [0.25, 0.3) is 0 Å². The van der Waals surface area contributed by atoms with Crippen molar-refractivity contribution in [3.05, 3.63) is 78.0 Å². The van der Waals surface area contributed by atoms with Crippen molar-refractivity contribution < 1.29 is 32.2 Å². The quantitative estimate of drug-likeness (QED) is 0.602. The minimum absolute atomic E-state index is 0.187. The second-order valence-electron chi connectivity index (χ2n) is 6.04. The van der Waals surface area contributed by atoms with Crippen LogP contribution >= 0.6 is 0 Å². The van der Waals surface area contributed by atoms with Crippen molar-refractivity contribution >= 4 is 5.91 Å². The number of alkyl halides is 3. The predicted octanol–water partition coefficient (Wildman–Crippen LogP) is 4.71. The fourth-order valence-electron chi connectivity index (χ4n) is 2.45. The van der Waals surface area contributed by atoms with E-state index in [1.54, 1.807) is 49.7 Å². The molecule has 1 N–H and O–H groups in total. The molecule has 0 atom stereocenters. The fourth-order valence-corrected chi connectivity index (χ4v) is 2.45. The van der Waals surface area contributed by atoms with E-state index in [9.17, 15) is 18.0 Å². The average Bonchev–Trinajstić information content (AvgIpc) is 2.72. The Balaban J connectivity index is 1.53. The zero-order valence-corrected chi connectivity index (χ0v) is 15.8. The van der Waals surface area contributed by atoms with Crippen molar-refractivity contribution in [2.75, 3.05) is 7.11 Å². The average molecular weight is 418 g/mol. The van der Waals surface area contributed by atoms with Gasteiger partial charge >= 0.3 is 6.36 Å². The number of carbonyl (C=O) groups excluding carboxylic acids is 1. The SMILES string of the molecule is COc1cccc(Oc2ccc(CNC(=O)c3ccc(OC(F)(F)F)cc3)cn2)c1. The normalized spacial score (nSPS) is 10.9. The van der Waals surface area contributed by atoms with Crippen molar-refractivity contribution in [1.29, 1.82) is 0 Å². The van der Waals surface area contributed by atoms with Gasteiger partial charge in [-0.05, 0) is 42.0 Å². The third-order valence-corrected chi connectivity index (χ3v) is 3.86. The fraction of sp³-hybridized carbons (Fsp3) is 0.143. The number of amides is 1. The first-order chi connectivity index (χ1) is 14.3. The number of pyridine rings is 1. The van der Waals surface area contributed by atoms with E-state index >= 15 is 0 Å². The molecule has 0 aliphatic rings. The second kappa shape index (κ2) is 9.17. The lowest BCUT2D eigenvalue weighted by molar-refractivity contribution is -0.274. The van der Waals surface area contributed by atoms with Gasteiger partial charge in [-0.25, -0.2) is 4.98 Å². The number of carbonyl (C=O) groups is 1. The summed E-state index contributed by atoms with van der Waals surface area (Å²) in [7, 11) is 1.56. The van der Waals surface area contributed by atoms with Crippen molar-refractivity contribution in [1.82, 2.24) is 10.3 Å². The molecule has 0 spiro atoms. The lowest BCUT2D eigenvalue weighted by atomic mass is 10.2. The van der Waals surface area contributed by atoms with Crippen molar-refractivity contribution in [2.45, 2.75) is 12.9 Å². The molecular formula is C21H17F3N2O4. The van der Waals surface area contributed by atoms with Crippen LogP contribution in [-0.2, 0) is 6.54 Å². The monoisotopic (exact) mass is 418 g/mol. The van der Waals surface area contributed by atoms with Gasteiger partial charge in [0, 0.05) is 30.4 Å². The Morgan fingerprint density at radius 1 is 1.00 bits per heavy atom. The number of ether oxygens (including phenoxy) is 3. The summed E-state index contributed by atoms with van der Waals surface area (Å²) in [6.45, 7) is 0.187. The molecule has 1 aromatic heterocycles. The third kappa shape index (κ3) is 6.13. The maximum absolute atomic E-state index is 12.2. The smallest absolute Gasteiger partial charge is 0.497 e. The van der Waals surface area contributed by atoms with Gasteiger partial charge in [0.2, 0.25) is 5.88 Å². The van der Waals surface area contributed by atoms with Crippen LogP contribution in [0.1, 0.15) is 15.9 Å². The Morgan fingerprint density at radius 2 is 1.73 bits per heavy atom. The summed E-state index contributed by atoms with van der Waals surface area (Å²) in [5, 5.41) is 2.67. The van der Waals surface area contributed by atoms with Crippen LogP contribution in [0.5, 0.6) is 23.1 Å². The Bertz CT molecular complexity index is 990. The number of hydrogen-bond acceptors (Lipinski definition) is 5. The molecule has 9 heteroatoms. The number of hydrogen-bond donors (Lipinski definition) is 1.